The monoisotopic (exact) mass is 569 g/mol. The van der Waals surface area contributed by atoms with Crippen LogP contribution in [0.15, 0.2) is 152 Å². The van der Waals surface area contributed by atoms with Crippen LogP contribution in [-0.2, 0) is 5.41 Å². The molecule has 1 heterocycles. The summed E-state index contributed by atoms with van der Waals surface area (Å²) in [6.45, 7) is 4.62. The fourth-order valence-corrected chi connectivity index (χ4v) is 7.80. The molecule has 0 unspecified atom stereocenters. The molecule has 0 atom stereocenters. The Labute approximate surface area is 256 Å². The van der Waals surface area contributed by atoms with Crippen molar-refractivity contribution < 1.29 is 0 Å². The molecule has 0 spiro atoms. The fraction of sp³-hybridized carbons (Fsp3) is 0.0732. The van der Waals surface area contributed by atoms with Crippen molar-refractivity contribution in [3.63, 3.8) is 0 Å². The van der Waals surface area contributed by atoms with E-state index in [0.29, 0.717) is 0 Å². The Morgan fingerprint density at radius 3 is 1.93 bits per heavy atom. The summed E-state index contributed by atoms with van der Waals surface area (Å²) in [6.07, 6.45) is 0. The summed E-state index contributed by atoms with van der Waals surface area (Å²) in [5.74, 6) is 0. The maximum atomic E-state index is 2.40. The van der Waals surface area contributed by atoms with Gasteiger partial charge in [0.1, 0.15) is 0 Å². The minimum atomic E-state index is -0.133. The van der Waals surface area contributed by atoms with Gasteiger partial charge >= 0.3 is 0 Å². The van der Waals surface area contributed by atoms with Crippen LogP contribution < -0.4 is 4.90 Å². The van der Waals surface area contributed by atoms with Crippen molar-refractivity contribution >= 4 is 70.1 Å². The van der Waals surface area contributed by atoms with Crippen LogP contribution in [0.3, 0.4) is 0 Å². The summed E-state index contributed by atoms with van der Waals surface area (Å²) in [5, 5.41) is 7.83. The minimum absolute atomic E-state index is 0.133. The van der Waals surface area contributed by atoms with E-state index >= 15 is 0 Å². The van der Waals surface area contributed by atoms with Crippen molar-refractivity contribution in [3.05, 3.63) is 163 Å². The number of nitrogens with zero attached hydrogens (tertiary/aromatic N) is 1. The van der Waals surface area contributed by atoms with Gasteiger partial charge in [-0.3, -0.25) is 0 Å². The van der Waals surface area contributed by atoms with E-state index in [4.69, 9.17) is 0 Å². The van der Waals surface area contributed by atoms with E-state index in [-0.39, 0.29) is 5.41 Å². The van der Waals surface area contributed by atoms with E-state index in [0.717, 1.165) is 17.1 Å². The van der Waals surface area contributed by atoms with Gasteiger partial charge in [0, 0.05) is 48.0 Å². The zero-order chi connectivity index (χ0) is 29.0. The van der Waals surface area contributed by atoms with Gasteiger partial charge in [-0.1, -0.05) is 123 Å². The smallest absolute Gasteiger partial charge is 0.0468 e. The Morgan fingerprint density at radius 1 is 0.465 bits per heavy atom. The summed E-state index contributed by atoms with van der Waals surface area (Å²) in [6, 6.07) is 55.4. The number of thiophene rings is 1. The standard InChI is InChI=1S/C41H31NS/c1-41(2,30-12-5-3-6-13-30)31-14-11-17-33(26-31)42(32-15-7-4-8-16-32)34-24-22-28-20-21-29-23-25-36-35-18-9-10-19-38(35)43-40(36)39(29)37(28)27-34/h3-27H,1-2H3. The number of para-hydroxylation sites is 1. The number of rotatable bonds is 5. The van der Waals surface area contributed by atoms with Gasteiger partial charge in [-0.15, -0.1) is 11.3 Å². The molecule has 0 saturated heterocycles. The average molecular weight is 570 g/mol. The molecular formula is C41H31NS. The highest BCUT2D eigenvalue weighted by molar-refractivity contribution is 7.26. The zero-order valence-corrected chi connectivity index (χ0v) is 25.1. The first kappa shape index (κ1) is 25.8. The van der Waals surface area contributed by atoms with Crippen molar-refractivity contribution in [2.75, 3.05) is 4.90 Å². The van der Waals surface area contributed by atoms with E-state index in [9.17, 15) is 0 Å². The molecule has 0 saturated carbocycles. The van der Waals surface area contributed by atoms with Crippen LogP contribution in [-0.4, -0.2) is 0 Å². The van der Waals surface area contributed by atoms with E-state index in [1.165, 1.54) is 52.8 Å². The minimum Gasteiger partial charge on any atom is -0.310 e. The molecule has 0 amide bonds. The molecular weight excluding hydrogens is 539 g/mol. The van der Waals surface area contributed by atoms with Crippen molar-refractivity contribution in [2.45, 2.75) is 19.3 Å². The maximum Gasteiger partial charge on any atom is 0.0468 e. The molecule has 0 aliphatic heterocycles. The fourth-order valence-electron chi connectivity index (χ4n) is 6.53. The van der Waals surface area contributed by atoms with Crippen LogP contribution in [0.2, 0.25) is 0 Å². The molecule has 0 bridgehead atoms. The second kappa shape index (κ2) is 10.1. The zero-order valence-electron chi connectivity index (χ0n) is 24.3. The van der Waals surface area contributed by atoms with Gasteiger partial charge in [0.2, 0.25) is 0 Å². The summed E-state index contributed by atoms with van der Waals surface area (Å²) in [4.78, 5) is 2.40. The summed E-state index contributed by atoms with van der Waals surface area (Å²) in [5.41, 5.74) is 5.91. The SMILES string of the molecule is CC(C)(c1ccccc1)c1cccc(N(c2ccccc2)c2ccc3ccc4ccc5c6ccccc6sc5c4c3c2)c1. The number of fused-ring (bicyclic) bond motifs is 7. The van der Waals surface area contributed by atoms with Crippen LogP contribution >= 0.6 is 11.3 Å². The first-order valence-corrected chi connectivity index (χ1v) is 15.7. The predicted molar refractivity (Wildman–Crippen MR) is 188 cm³/mol. The first-order valence-electron chi connectivity index (χ1n) is 14.9. The second-order valence-corrected chi connectivity index (χ2v) is 12.9. The second-order valence-electron chi connectivity index (χ2n) is 11.8. The molecule has 1 aromatic heterocycles. The van der Waals surface area contributed by atoms with E-state index in [2.05, 4.69) is 170 Å². The van der Waals surface area contributed by atoms with Crippen LogP contribution in [0.1, 0.15) is 25.0 Å². The summed E-state index contributed by atoms with van der Waals surface area (Å²) in [7, 11) is 0. The van der Waals surface area contributed by atoms with Crippen molar-refractivity contribution in [1.82, 2.24) is 0 Å². The Hall–Kier alpha value is -4.92. The normalized spacial score (nSPS) is 12.0. The number of hydrogen-bond donors (Lipinski definition) is 0. The van der Waals surface area contributed by atoms with Gasteiger partial charge in [-0.25, -0.2) is 0 Å². The number of hydrogen-bond acceptors (Lipinski definition) is 2. The molecule has 0 aliphatic rings. The van der Waals surface area contributed by atoms with E-state index < -0.39 is 0 Å². The number of anilines is 3. The maximum absolute atomic E-state index is 2.40. The number of benzene rings is 7. The third-order valence-corrected chi connectivity index (χ3v) is 10.1. The molecule has 0 radical (unpaired) electrons. The van der Waals surface area contributed by atoms with Gasteiger partial charge in [0.15, 0.2) is 0 Å². The van der Waals surface area contributed by atoms with Gasteiger partial charge in [0.05, 0.1) is 0 Å². The third kappa shape index (κ3) is 4.29. The molecule has 0 aliphatic carbocycles. The highest BCUT2D eigenvalue weighted by Gasteiger charge is 2.24. The van der Waals surface area contributed by atoms with Gasteiger partial charge < -0.3 is 4.90 Å². The molecule has 206 valence electrons. The average Bonchev–Trinajstić information content (AvgIpc) is 3.45. The highest BCUT2D eigenvalue weighted by Crippen LogP contribution is 2.44. The Morgan fingerprint density at radius 2 is 1.09 bits per heavy atom. The largest absolute Gasteiger partial charge is 0.310 e. The lowest BCUT2D eigenvalue weighted by Crippen LogP contribution is -2.19. The predicted octanol–water partition coefficient (Wildman–Crippen LogP) is 12.2. The van der Waals surface area contributed by atoms with Crippen LogP contribution in [0, 0.1) is 0 Å². The van der Waals surface area contributed by atoms with Crippen LogP contribution in [0.5, 0.6) is 0 Å². The molecule has 8 aromatic rings. The van der Waals surface area contributed by atoms with Crippen molar-refractivity contribution in [2.24, 2.45) is 0 Å². The molecule has 0 fully saturated rings. The summed E-state index contributed by atoms with van der Waals surface area (Å²) < 4.78 is 2.70. The first-order chi connectivity index (χ1) is 21.1. The molecule has 7 aromatic carbocycles. The van der Waals surface area contributed by atoms with Gasteiger partial charge in [-0.05, 0) is 69.8 Å². The molecule has 2 heteroatoms. The Kier molecular flexibility index (Phi) is 6.06. The van der Waals surface area contributed by atoms with Crippen LogP contribution in [0.25, 0.3) is 41.7 Å². The molecule has 1 nitrogen and oxygen atoms in total. The van der Waals surface area contributed by atoms with E-state index in [1.54, 1.807) is 0 Å². The van der Waals surface area contributed by atoms with Crippen molar-refractivity contribution in [1.29, 1.82) is 0 Å². The highest BCUT2D eigenvalue weighted by atomic mass is 32.1. The molecule has 43 heavy (non-hydrogen) atoms. The van der Waals surface area contributed by atoms with Crippen molar-refractivity contribution in [3.8, 4) is 0 Å². The van der Waals surface area contributed by atoms with Crippen LogP contribution in [0.4, 0.5) is 17.1 Å². The summed E-state index contributed by atoms with van der Waals surface area (Å²) >= 11 is 1.90. The lowest BCUT2D eigenvalue weighted by atomic mass is 9.78. The quantitative estimate of drug-likeness (QED) is 0.186. The Bertz CT molecular complexity index is 2260. The topological polar surface area (TPSA) is 3.24 Å². The van der Waals surface area contributed by atoms with E-state index in [1.807, 2.05) is 11.3 Å². The van der Waals surface area contributed by atoms with Gasteiger partial charge in [-0.2, -0.15) is 0 Å². The lowest BCUT2D eigenvalue weighted by Gasteiger charge is -2.30. The Balaban J connectivity index is 1.36. The van der Waals surface area contributed by atoms with Gasteiger partial charge in [0.25, 0.3) is 0 Å². The lowest BCUT2D eigenvalue weighted by molar-refractivity contribution is 0.641. The molecule has 8 rings (SSSR count). The molecule has 0 N–H and O–H groups in total. The third-order valence-electron chi connectivity index (χ3n) is 8.92.